The highest BCUT2D eigenvalue weighted by molar-refractivity contribution is 6.13. The summed E-state index contributed by atoms with van der Waals surface area (Å²) in [5.74, 6) is 0. The molecular formula is C48H31NO. The summed E-state index contributed by atoms with van der Waals surface area (Å²) in [6, 6.07) is 67.5. The molecule has 0 aliphatic carbocycles. The average Bonchev–Trinajstić information content (AvgIpc) is 3.74. The van der Waals surface area contributed by atoms with Crippen molar-refractivity contribution >= 4 is 43.7 Å². The summed E-state index contributed by atoms with van der Waals surface area (Å²) in [5.41, 5.74) is 14.9. The van der Waals surface area contributed by atoms with E-state index in [-0.39, 0.29) is 0 Å². The summed E-state index contributed by atoms with van der Waals surface area (Å²) in [4.78, 5) is 0. The van der Waals surface area contributed by atoms with Gasteiger partial charge in [0.2, 0.25) is 0 Å². The van der Waals surface area contributed by atoms with E-state index in [9.17, 15) is 0 Å². The number of benzene rings is 8. The Morgan fingerprint density at radius 2 is 0.820 bits per heavy atom. The van der Waals surface area contributed by atoms with Crippen LogP contribution in [-0.2, 0) is 0 Å². The Kier molecular flexibility index (Phi) is 6.53. The number of fused-ring (bicyclic) bond motifs is 6. The SMILES string of the molecule is c1ccc(-c2ccc3c4ccc(-c5ccccc5)cc4n(-c4cccc(-c5ccc(-c6cccc7oc8ccccc8c67)cc5)c4)c3c2)cc1. The van der Waals surface area contributed by atoms with Gasteiger partial charge in [-0.05, 0) is 80.9 Å². The number of furan rings is 1. The highest BCUT2D eigenvalue weighted by Crippen LogP contribution is 2.39. The summed E-state index contributed by atoms with van der Waals surface area (Å²) in [6.07, 6.45) is 0. The molecule has 0 aliphatic heterocycles. The summed E-state index contributed by atoms with van der Waals surface area (Å²) < 4.78 is 8.62. The minimum absolute atomic E-state index is 0.914. The van der Waals surface area contributed by atoms with Gasteiger partial charge in [-0.2, -0.15) is 0 Å². The van der Waals surface area contributed by atoms with E-state index in [1.54, 1.807) is 0 Å². The molecule has 50 heavy (non-hydrogen) atoms. The Hall–Kier alpha value is -6.64. The molecule has 0 aliphatic rings. The Labute approximate surface area is 290 Å². The second-order valence-electron chi connectivity index (χ2n) is 12.9. The Balaban J connectivity index is 1.12. The third kappa shape index (κ3) is 4.65. The van der Waals surface area contributed by atoms with Crippen molar-refractivity contribution in [3.63, 3.8) is 0 Å². The van der Waals surface area contributed by atoms with Crippen LogP contribution in [0.25, 0.3) is 93.9 Å². The largest absolute Gasteiger partial charge is 0.456 e. The molecule has 0 saturated carbocycles. The maximum atomic E-state index is 6.18. The van der Waals surface area contributed by atoms with Crippen LogP contribution in [0.2, 0.25) is 0 Å². The lowest BCUT2D eigenvalue weighted by Crippen LogP contribution is -1.95. The summed E-state index contributed by atoms with van der Waals surface area (Å²) in [5, 5.41) is 4.80. The van der Waals surface area contributed by atoms with Crippen molar-refractivity contribution in [1.82, 2.24) is 4.57 Å². The van der Waals surface area contributed by atoms with Crippen LogP contribution in [0, 0.1) is 0 Å². The fourth-order valence-corrected chi connectivity index (χ4v) is 7.60. The molecule has 0 atom stereocenters. The van der Waals surface area contributed by atoms with Gasteiger partial charge in [0.1, 0.15) is 11.2 Å². The molecule has 10 rings (SSSR count). The number of para-hydroxylation sites is 1. The maximum absolute atomic E-state index is 6.18. The van der Waals surface area contributed by atoms with E-state index < -0.39 is 0 Å². The van der Waals surface area contributed by atoms with Crippen molar-refractivity contribution in [1.29, 1.82) is 0 Å². The van der Waals surface area contributed by atoms with Gasteiger partial charge in [-0.3, -0.25) is 0 Å². The normalized spacial score (nSPS) is 11.6. The number of hydrogen-bond donors (Lipinski definition) is 0. The van der Waals surface area contributed by atoms with Gasteiger partial charge in [-0.1, -0.05) is 152 Å². The summed E-state index contributed by atoms with van der Waals surface area (Å²) >= 11 is 0. The molecule has 234 valence electrons. The number of rotatable bonds is 5. The first-order valence-electron chi connectivity index (χ1n) is 17.1. The molecule has 8 aromatic carbocycles. The van der Waals surface area contributed by atoms with E-state index in [1.807, 2.05) is 12.1 Å². The number of hydrogen-bond acceptors (Lipinski definition) is 1. The van der Waals surface area contributed by atoms with Gasteiger partial charge in [0, 0.05) is 27.2 Å². The van der Waals surface area contributed by atoms with E-state index in [0.29, 0.717) is 0 Å². The predicted octanol–water partition coefficient (Wildman–Crippen LogP) is 13.4. The topological polar surface area (TPSA) is 18.1 Å². The van der Waals surface area contributed by atoms with E-state index in [1.165, 1.54) is 66.3 Å². The van der Waals surface area contributed by atoms with Gasteiger partial charge in [-0.15, -0.1) is 0 Å². The molecule has 2 aromatic heterocycles. The van der Waals surface area contributed by atoms with Crippen LogP contribution in [0.4, 0.5) is 0 Å². The molecule has 0 spiro atoms. The molecule has 0 N–H and O–H groups in total. The van der Waals surface area contributed by atoms with Gasteiger partial charge >= 0.3 is 0 Å². The lowest BCUT2D eigenvalue weighted by molar-refractivity contribution is 0.669. The van der Waals surface area contributed by atoms with Crippen LogP contribution >= 0.6 is 0 Å². The lowest BCUT2D eigenvalue weighted by Gasteiger charge is -2.12. The van der Waals surface area contributed by atoms with Crippen LogP contribution in [0.5, 0.6) is 0 Å². The van der Waals surface area contributed by atoms with Crippen LogP contribution in [0.1, 0.15) is 0 Å². The van der Waals surface area contributed by atoms with Crippen molar-refractivity contribution < 1.29 is 4.42 Å². The predicted molar refractivity (Wildman–Crippen MR) is 210 cm³/mol. The Morgan fingerprint density at radius 3 is 1.50 bits per heavy atom. The van der Waals surface area contributed by atoms with Crippen LogP contribution in [-0.4, -0.2) is 4.57 Å². The molecule has 0 saturated heterocycles. The second kappa shape index (κ2) is 11.5. The molecule has 2 heteroatoms. The van der Waals surface area contributed by atoms with E-state index in [0.717, 1.165) is 27.6 Å². The average molecular weight is 638 g/mol. The highest BCUT2D eigenvalue weighted by atomic mass is 16.3. The smallest absolute Gasteiger partial charge is 0.136 e. The molecular weight excluding hydrogens is 607 g/mol. The summed E-state index contributed by atoms with van der Waals surface area (Å²) in [6.45, 7) is 0. The van der Waals surface area contributed by atoms with E-state index in [4.69, 9.17) is 4.42 Å². The van der Waals surface area contributed by atoms with Crippen molar-refractivity contribution in [2.75, 3.05) is 0 Å². The van der Waals surface area contributed by atoms with E-state index in [2.05, 4.69) is 180 Å². The van der Waals surface area contributed by atoms with Crippen LogP contribution in [0.15, 0.2) is 192 Å². The highest BCUT2D eigenvalue weighted by Gasteiger charge is 2.16. The fraction of sp³-hybridized carbons (Fsp3) is 0. The molecule has 2 heterocycles. The van der Waals surface area contributed by atoms with Crippen LogP contribution < -0.4 is 0 Å². The van der Waals surface area contributed by atoms with Gasteiger partial charge in [0.05, 0.1) is 11.0 Å². The molecule has 0 fully saturated rings. The molecule has 2 nitrogen and oxygen atoms in total. The molecule has 0 bridgehead atoms. The zero-order chi connectivity index (χ0) is 33.0. The first-order valence-corrected chi connectivity index (χ1v) is 17.1. The zero-order valence-electron chi connectivity index (χ0n) is 27.3. The van der Waals surface area contributed by atoms with Crippen molar-refractivity contribution in [3.05, 3.63) is 188 Å². The first kappa shape index (κ1) is 28.4. The number of aromatic nitrogens is 1. The van der Waals surface area contributed by atoms with Crippen LogP contribution in [0.3, 0.4) is 0 Å². The van der Waals surface area contributed by atoms with Crippen molar-refractivity contribution in [2.24, 2.45) is 0 Å². The second-order valence-corrected chi connectivity index (χ2v) is 12.9. The standard InChI is InChI=1S/C48H31NO/c1-3-11-32(12-4-1)37-25-27-41-42-28-26-38(33-13-5-2-6-14-33)31-45(42)49(44(41)30-37)39-16-9-15-36(29-39)34-21-23-35(24-22-34)40-18-10-20-47-48(40)43-17-7-8-19-46(43)50-47/h1-31H. The van der Waals surface area contributed by atoms with Gasteiger partial charge in [0.15, 0.2) is 0 Å². The minimum atomic E-state index is 0.914. The Bertz CT molecular complexity index is 2740. The van der Waals surface area contributed by atoms with Gasteiger partial charge in [-0.25, -0.2) is 0 Å². The Morgan fingerprint density at radius 1 is 0.320 bits per heavy atom. The third-order valence-electron chi connectivity index (χ3n) is 10.0. The maximum Gasteiger partial charge on any atom is 0.136 e. The van der Waals surface area contributed by atoms with E-state index >= 15 is 0 Å². The minimum Gasteiger partial charge on any atom is -0.456 e. The molecule has 0 radical (unpaired) electrons. The summed E-state index contributed by atoms with van der Waals surface area (Å²) in [7, 11) is 0. The molecule has 0 unspecified atom stereocenters. The quantitative estimate of drug-likeness (QED) is 0.184. The lowest BCUT2D eigenvalue weighted by atomic mass is 9.97. The first-order chi connectivity index (χ1) is 24.8. The van der Waals surface area contributed by atoms with Gasteiger partial charge in [0.25, 0.3) is 0 Å². The fourth-order valence-electron chi connectivity index (χ4n) is 7.60. The zero-order valence-corrected chi connectivity index (χ0v) is 27.3. The monoisotopic (exact) mass is 637 g/mol. The number of nitrogens with zero attached hydrogens (tertiary/aromatic N) is 1. The molecule has 10 aromatic rings. The van der Waals surface area contributed by atoms with Crippen molar-refractivity contribution in [3.8, 4) is 50.2 Å². The third-order valence-corrected chi connectivity index (χ3v) is 10.0. The van der Waals surface area contributed by atoms with Crippen molar-refractivity contribution in [2.45, 2.75) is 0 Å². The molecule has 0 amide bonds. The van der Waals surface area contributed by atoms with Gasteiger partial charge < -0.3 is 8.98 Å².